The predicted octanol–water partition coefficient (Wildman–Crippen LogP) is 2.96. The Labute approximate surface area is 182 Å². The molecule has 160 valence electrons. The van der Waals surface area contributed by atoms with Crippen molar-refractivity contribution in [3.05, 3.63) is 71.7 Å². The Morgan fingerprint density at radius 1 is 1.00 bits per heavy atom. The molecule has 4 rings (SSSR count). The Morgan fingerprint density at radius 2 is 1.71 bits per heavy atom. The average molecular weight is 441 g/mol. The van der Waals surface area contributed by atoms with Gasteiger partial charge in [-0.25, -0.2) is 9.18 Å². The molecule has 2 heterocycles. The van der Waals surface area contributed by atoms with Crippen LogP contribution >= 0.6 is 11.5 Å². The first-order valence-corrected chi connectivity index (χ1v) is 10.6. The van der Waals surface area contributed by atoms with E-state index < -0.39 is 5.91 Å². The van der Waals surface area contributed by atoms with Crippen molar-refractivity contribution in [1.29, 1.82) is 0 Å². The van der Waals surface area contributed by atoms with Crippen LogP contribution in [-0.2, 0) is 6.54 Å². The normalized spacial score (nSPS) is 13.7. The molecule has 2 aromatic carbocycles. The van der Waals surface area contributed by atoms with Gasteiger partial charge in [0.05, 0.1) is 5.69 Å². The number of carbonyl (C=O) groups is 2. The molecule has 2 N–H and O–H groups in total. The van der Waals surface area contributed by atoms with Crippen molar-refractivity contribution in [2.75, 3.05) is 36.4 Å². The van der Waals surface area contributed by atoms with Crippen LogP contribution in [0.5, 0.6) is 0 Å². The first kappa shape index (κ1) is 20.7. The summed E-state index contributed by atoms with van der Waals surface area (Å²) in [6.45, 7) is 2.24. The van der Waals surface area contributed by atoms with Crippen molar-refractivity contribution in [2.24, 2.45) is 0 Å². The van der Waals surface area contributed by atoms with Gasteiger partial charge in [0, 0.05) is 44.3 Å². The third-order valence-electron chi connectivity index (χ3n) is 4.98. The molecule has 0 atom stereocenters. The molecular formula is C21H21FN6O2S. The molecule has 1 aromatic heterocycles. The smallest absolute Gasteiger partial charge is 0.322 e. The molecule has 0 saturated carbocycles. The number of carbonyl (C=O) groups excluding carboxylic acids is 2. The van der Waals surface area contributed by atoms with E-state index >= 15 is 0 Å². The number of piperazine rings is 1. The number of halogens is 1. The van der Waals surface area contributed by atoms with Crippen molar-refractivity contribution in [3.8, 4) is 0 Å². The molecule has 1 aliphatic heterocycles. The summed E-state index contributed by atoms with van der Waals surface area (Å²) in [6, 6.07) is 15.8. The summed E-state index contributed by atoms with van der Waals surface area (Å²) in [5, 5.41) is 9.67. The van der Waals surface area contributed by atoms with Gasteiger partial charge in [-0.1, -0.05) is 47.0 Å². The summed E-state index contributed by atoms with van der Waals surface area (Å²) >= 11 is 0.951. The minimum atomic E-state index is -0.405. The zero-order chi connectivity index (χ0) is 21.6. The molecule has 10 heteroatoms. The summed E-state index contributed by atoms with van der Waals surface area (Å²) in [4.78, 5) is 28.7. The molecule has 0 unspecified atom stereocenters. The van der Waals surface area contributed by atoms with Gasteiger partial charge in [-0.2, -0.15) is 0 Å². The van der Waals surface area contributed by atoms with Crippen molar-refractivity contribution < 1.29 is 14.0 Å². The fourth-order valence-corrected chi connectivity index (χ4v) is 3.88. The number of nitrogens with zero attached hydrogens (tertiary/aromatic N) is 4. The number of para-hydroxylation sites is 1. The lowest BCUT2D eigenvalue weighted by Crippen LogP contribution is -2.50. The van der Waals surface area contributed by atoms with Crippen LogP contribution in [0.25, 0.3) is 0 Å². The molecule has 0 aliphatic carbocycles. The van der Waals surface area contributed by atoms with Crippen LogP contribution in [0.3, 0.4) is 0 Å². The molecule has 1 saturated heterocycles. The number of amides is 3. The lowest BCUT2D eigenvalue weighted by Gasteiger charge is -2.36. The van der Waals surface area contributed by atoms with E-state index in [1.807, 2.05) is 35.2 Å². The van der Waals surface area contributed by atoms with E-state index in [-0.39, 0.29) is 17.5 Å². The highest BCUT2D eigenvalue weighted by molar-refractivity contribution is 7.10. The van der Waals surface area contributed by atoms with Crippen LogP contribution in [0, 0.1) is 5.82 Å². The minimum Gasteiger partial charge on any atom is -0.366 e. The topological polar surface area (TPSA) is 90.5 Å². The zero-order valence-corrected chi connectivity index (χ0v) is 17.4. The molecule has 0 spiro atoms. The lowest BCUT2D eigenvalue weighted by molar-refractivity contribution is 0.0946. The van der Waals surface area contributed by atoms with Gasteiger partial charge >= 0.3 is 6.03 Å². The van der Waals surface area contributed by atoms with Gasteiger partial charge < -0.3 is 15.1 Å². The third kappa shape index (κ3) is 4.97. The van der Waals surface area contributed by atoms with Crippen LogP contribution in [-0.4, -0.2) is 52.6 Å². The number of rotatable bonds is 5. The molecule has 8 nitrogen and oxygen atoms in total. The largest absolute Gasteiger partial charge is 0.366 e. The van der Waals surface area contributed by atoms with Gasteiger partial charge in [-0.05, 0) is 17.7 Å². The number of anilines is 2. The maximum Gasteiger partial charge on any atom is 0.322 e. The van der Waals surface area contributed by atoms with E-state index in [1.54, 1.807) is 23.1 Å². The fraction of sp³-hybridized carbons (Fsp3) is 0.238. The Kier molecular flexibility index (Phi) is 6.37. The molecule has 3 amide bonds. The second kappa shape index (κ2) is 9.52. The maximum absolute atomic E-state index is 14.0. The zero-order valence-electron chi connectivity index (χ0n) is 16.6. The number of nitrogens with one attached hydrogen (secondary N) is 2. The lowest BCUT2D eigenvalue weighted by atomic mass is 10.2. The van der Waals surface area contributed by atoms with E-state index in [4.69, 9.17) is 0 Å². The summed E-state index contributed by atoms with van der Waals surface area (Å²) in [6.07, 6.45) is 0. The van der Waals surface area contributed by atoms with Gasteiger partial charge in [0.25, 0.3) is 5.91 Å². The second-order valence-corrected chi connectivity index (χ2v) is 7.73. The summed E-state index contributed by atoms with van der Waals surface area (Å²) in [7, 11) is 0. The van der Waals surface area contributed by atoms with E-state index in [0.29, 0.717) is 43.4 Å². The van der Waals surface area contributed by atoms with E-state index in [1.165, 1.54) is 6.07 Å². The van der Waals surface area contributed by atoms with E-state index in [9.17, 15) is 14.0 Å². The third-order valence-corrected chi connectivity index (χ3v) is 5.62. The summed E-state index contributed by atoms with van der Waals surface area (Å²) < 4.78 is 17.8. The van der Waals surface area contributed by atoms with Crippen LogP contribution in [0.1, 0.15) is 16.1 Å². The number of aromatic nitrogens is 2. The van der Waals surface area contributed by atoms with E-state index in [2.05, 4.69) is 20.2 Å². The average Bonchev–Trinajstić information content (AvgIpc) is 3.27. The Bertz CT molecular complexity index is 1050. The van der Waals surface area contributed by atoms with Crippen LogP contribution < -0.4 is 15.5 Å². The summed E-state index contributed by atoms with van der Waals surface area (Å²) in [5.74, 6) is -0.681. The maximum atomic E-state index is 14.0. The summed E-state index contributed by atoms with van der Waals surface area (Å²) in [5.41, 5.74) is 1.57. The fourth-order valence-electron chi connectivity index (χ4n) is 3.32. The number of hydrogen-bond donors (Lipinski definition) is 2. The minimum absolute atomic E-state index is 0.0827. The highest BCUT2D eigenvalue weighted by Crippen LogP contribution is 2.22. The van der Waals surface area contributed by atoms with Gasteiger partial charge in [-0.15, -0.1) is 5.10 Å². The van der Waals surface area contributed by atoms with Crippen LogP contribution in [0.4, 0.5) is 19.9 Å². The van der Waals surface area contributed by atoms with Gasteiger partial charge in [0.1, 0.15) is 5.82 Å². The van der Waals surface area contributed by atoms with Crippen molar-refractivity contribution in [3.63, 3.8) is 0 Å². The van der Waals surface area contributed by atoms with Crippen LogP contribution in [0.2, 0.25) is 0 Å². The predicted molar refractivity (Wildman–Crippen MR) is 117 cm³/mol. The molecule has 0 radical (unpaired) electrons. The van der Waals surface area contributed by atoms with E-state index in [0.717, 1.165) is 17.1 Å². The standard InChI is InChI=1S/C21H21FN6O2S/c22-16-8-4-5-9-17(16)27-10-12-28(13-11-27)21(30)24-20-18(25-26-31-20)19(29)23-14-15-6-2-1-3-7-15/h1-9H,10-14H2,(H,23,29)(H,24,30). The molecular weight excluding hydrogens is 419 g/mol. The SMILES string of the molecule is O=C(NCc1ccccc1)c1nnsc1NC(=O)N1CCN(c2ccccc2F)CC1. The quantitative estimate of drug-likeness (QED) is 0.637. The number of benzene rings is 2. The van der Waals surface area contributed by atoms with Gasteiger partial charge in [-0.3, -0.25) is 10.1 Å². The number of hydrogen-bond acceptors (Lipinski definition) is 6. The second-order valence-electron chi connectivity index (χ2n) is 6.97. The highest BCUT2D eigenvalue weighted by atomic mass is 32.1. The molecule has 3 aromatic rings. The number of urea groups is 1. The Balaban J connectivity index is 1.32. The van der Waals surface area contributed by atoms with Gasteiger partial charge in [0.15, 0.2) is 10.7 Å². The molecule has 31 heavy (non-hydrogen) atoms. The highest BCUT2D eigenvalue weighted by Gasteiger charge is 2.25. The van der Waals surface area contributed by atoms with Crippen LogP contribution in [0.15, 0.2) is 54.6 Å². The molecule has 0 bridgehead atoms. The van der Waals surface area contributed by atoms with Gasteiger partial charge in [0.2, 0.25) is 0 Å². The monoisotopic (exact) mass is 440 g/mol. The first-order valence-electron chi connectivity index (χ1n) is 9.81. The Morgan fingerprint density at radius 3 is 2.45 bits per heavy atom. The van der Waals surface area contributed by atoms with Crippen molar-refractivity contribution in [1.82, 2.24) is 19.8 Å². The van der Waals surface area contributed by atoms with Crippen molar-refractivity contribution in [2.45, 2.75) is 6.54 Å². The first-order chi connectivity index (χ1) is 15.1. The molecule has 1 aliphatic rings. The Hall–Kier alpha value is -3.53. The van der Waals surface area contributed by atoms with Crippen molar-refractivity contribution >= 4 is 34.2 Å². The molecule has 1 fully saturated rings.